The van der Waals surface area contributed by atoms with E-state index >= 15 is 0 Å². The summed E-state index contributed by atoms with van der Waals surface area (Å²) >= 11 is 0. The van der Waals surface area contributed by atoms with Crippen molar-refractivity contribution in [3.8, 4) is 5.75 Å². The summed E-state index contributed by atoms with van der Waals surface area (Å²) in [4.78, 5) is 4.24. The zero-order chi connectivity index (χ0) is 12.8. The van der Waals surface area contributed by atoms with Crippen LogP contribution in [0.2, 0.25) is 0 Å². The van der Waals surface area contributed by atoms with Crippen LogP contribution in [0.25, 0.3) is 0 Å². The van der Waals surface area contributed by atoms with E-state index in [0.29, 0.717) is 12.6 Å². The van der Waals surface area contributed by atoms with Crippen LogP contribution < -0.4 is 10.5 Å². The zero-order valence-electron chi connectivity index (χ0n) is 11.3. The van der Waals surface area contributed by atoms with Crippen molar-refractivity contribution in [3.05, 3.63) is 24.0 Å². The normalized spacial score (nSPS) is 39.5. The van der Waals surface area contributed by atoms with Crippen molar-refractivity contribution in [2.75, 3.05) is 0 Å². The molecule has 0 saturated heterocycles. The van der Waals surface area contributed by atoms with Gasteiger partial charge in [0.25, 0.3) is 0 Å². The molecular formula is C16H22N2O. The Hall–Kier alpha value is -1.09. The Bertz CT molecular complexity index is 446. The molecule has 19 heavy (non-hydrogen) atoms. The minimum Gasteiger partial charge on any atom is -0.490 e. The van der Waals surface area contributed by atoms with Gasteiger partial charge in [0, 0.05) is 18.8 Å². The first kappa shape index (κ1) is 11.7. The molecule has 0 amide bonds. The molecule has 0 aromatic carbocycles. The standard InChI is InChI=1S/C16H22N2O/c17-9-14-8-15(1-2-18-14)19-16-12-4-10-3-11(6-12)7-13(16)5-10/h1-2,8,10-13,16H,3-7,9,17H2. The third kappa shape index (κ3) is 2.04. The van der Waals surface area contributed by atoms with Gasteiger partial charge in [-0.05, 0) is 61.8 Å². The number of hydrogen-bond donors (Lipinski definition) is 1. The molecule has 1 heterocycles. The first-order valence-corrected chi connectivity index (χ1v) is 7.63. The molecule has 5 rings (SSSR count). The largest absolute Gasteiger partial charge is 0.490 e. The number of nitrogens with zero attached hydrogens (tertiary/aromatic N) is 1. The summed E-state index contributed by atoms with van der Waals surface area (Å²) in [6.45, 7) is 0.485. The molecule has 4 fully saturated rings. The first-order valence-electron chi connectivity index (χ1n) is 7.63. The molecule has 3 heteroatoms. The molecule has 2 N–H and O–H groups in total. The van der Waals surface area contributed by atoms with Crippen molar-refractivity contribution in [2.45, 2.75) is 44.8 Å². The van der Waals surface area contributed by atoms with Crippen LogP contribution in [0.4, 0.5) is 0 Å². The van der Waals surface area contributed by atoms with Gasteiger partial charge in [0.05, 0.1) is 5.69 Å². The topological polar surface area (TPSA) is 48.1 Å². The smallest absolute Gasteiger partial charge is 0.123 e. The number of rotatable bonds is 3. The van der Waals surface area contributed by atoms with Crippen molar-refractivity contribution in [1.82, 2.24) is 4.98 Å². The summed E-state index contributed by atoms with van der Waals surface area (Å²) in [5.74, 6) is 4.56. The molecule has 0 aliphatic heterocycles. The Kier molecular flexibility index (Phi) is 2.76. The lowest BCUT2D eigenvalue weighted by Gasteiger charge is -2.53. The van der Waals surface area contributed by atoms with E-state index in [1.54, 1.807) is 0 Å². The summed E-state index contributed by atoms with van der Waals surface area (Å²) in [5, 5.41) is 0. The van der Waals surface area contributed by atoms with Gasteiger partial charge in [-0.3, -0.25) is 4.98 Å². The van der Waals surface area contributed by atoms with Gasteiger partial charge < -0.3 is 10.5 Å². The fourth-order valence-electron chi connectivity index (χ4n) is 4.87. The van der Waals surface area contributed by atoms with Crippen LogP contribution in [0.1, 0.15) is 37.8 Å². The van der Waals surface area contributed by atoms with E-state index in [4.69, 9.17) is 10.5 Å². The van der Waals surface area contributed by atoms with Crippen LogP contribution in [0, 0.1) is 23.7 Å². The first-order chi connectivity index (χ1) is 9.31. The predicted molar refractivity (Wildman–Crippen MR) is 73.6 cm³/mol. The molecule has 4 saturated carbocycles. The third-order valence-electron chi connectivity index (χ3n) is 5.41. The molecule has 0 atom stereocenters. The van der Waals surface area contributed by atoms with E-state index in [9.17, 15) is 0 Å². The SMILES string of the molecule is NCc1cc(OC2C3CC4CC(C3)CC2C4)ccn1. The Balaban J connectivity index is 1.53. The third-order valence-corrected chi connectivity index (χ3v) is 5.41. The Morgan fingerprint density at radius 1 is 1.11 bits per heavy atom. The van der Waals surface area contributed by atoms with E-state index in [1.807, 2.05) is 18.3 Å². The van der Waals surface area contributed by atoms with Gasteiger partial charge >= 0.3 is 0 Å². The Labute approximate surface area is 114 Å². The fraction of sp³-hybridized carbons (Fsp3) is 0.688. The lowest BCUT2D eigenvalue weighted by atomic mass is 9.55. The van der Waals surface area contributed by atoms with Gasteiger partial charge in [-0.15, -0.1) is 0 Å². The van der Waals surface area contributed by atoms with Gasteiger partial charge in [0.15, 0.2) is 0 Å². The zero-order valence-corrected chi connectivity index (χ0v) is 11.3. The highest BCUT2D eigenvalue weighted by Crippen LogP contribution is 2.54. The molecule has 1 aromatic rings. The summed E-state index contributed by atoms with van der Waals surface area (Å²) in [5.41, 5.74) is 6.57. The second-order valence-electron chi connectivity index (χ2n) is 6.70. The summed E-state index contributed by atoms with van der Waals surface area (Å²) in [6.07, 6.45) is 9.33. The van der Waals surface area contributed by atoms with Crippen LogP contribution >= 0.6 is 0 Å². The highest BCUT2D eigenvalue weighted by Gasteiger charge is 2.49. The van der Waals surface area contributed by atoms with Crippen molar-refractivity contribution >= 4 is 0 Å². The maximum absolute atomic E-state index is 6.34. The van der Waals surface area contributed by atoms with Gasteiger partial charge in [-0.1, -0.05) is 0 Å². The Morgan fingerprint density at radius 3 is 2.42 bits per heavy atom. The molecule has 1 aromatic heterocycles. The summed E-state index contributed by atoms with van der Waals surface area (Å²) in [7, 11) is 0. The van der Waals surface area contributed by atoms with E-state index in [1.165, 1.54) is 32.1 Å². The van der Waals surface area contributed by atoms with Gasteiger partial charge in [0.2, 0.25) is 0 Å². The van der Waals surface area contributed by atoms with Crippen molar-refractivity contribution < 1.29 is 4.74 Å². The summed E-state index contributed by atoms with van der Waals surface area (Å²) in [6, 6.07) is 3.98. The van der Waals surface area contributed by atoms with Crippen molar-refractivity contribution in [1.29, 1.82) is 0 Å². The fourth-order valence-corrected chi connectivity index (χ4v) is 4.87. The van der Waals surface area contributed by atoms with Crippen molar-refractivity contribution in [2.24, 2.45) is 29.4 Å². The second-order valence-corrected chi connectivity index (χ2v) is 6.70. The average molecular weight is 258 g/mol. The summed E-state index contributed by atoms with van der Waals surface area (Å²) < 4.78 is 6.34. The molecule has 0 radical (unpaired) electrons. The molecule has 4 aliphatic rings. The van der Waals surface area contributed by atoms with Crippen LogP contribution in [0.3, 0.4) is 0 Å². The highest BCUT2D eigenvalue weighted by atomic mass is 16.5. The Morgan fingerprint density at radius 2 is 1.79 bits per heavy atom. The quantitative estimate of drug-likeness (QED) is 0.907. The molecule has 4 bridgehead atoms. The van der Waals surface area contributed by atoms with Crippen molar-refractivity contribution in [3.63, 3.8) is 0 Å². The number of pyridine rings is 1. The van der Waals surface area contributed by atoms with Gasteiger partial charge in [0.1, 0.15) is 11.9 Å². The molecule has 102 valence electrons. The lowest BCUT2D eigenvalue weighted by molar-refractivity contribution is -0.0790. The number of nitrogens with two attached hydrogens (primary N) is 1. The average Bonchev–Trinajstić information content (AvgIpc) is 2.42. The van der Waals surface area contributed by atoms with E-state index in [2.05, 4.69) is 4.98 Å². The van der Waals surface area contributed by atoms with E-state index < -0.39 is 0 Å². The molecule has 0 unspecified atom stereocenters. The van der Waals surface area contributed by atoms with E-state index in [-0.39, 0.29) is 0 Å². The molecule has 0 spiro atoms. The molecule has 3 nitrogen and oxygen atoms in total. The number of hydrogen-bond acceptors (Lipinski definition) is 3. The monoisotopic (exact) mass is 258 g/mol. The van der Waals surface area contributed by atoms with Crippen LogP contribution in [0.15, 0.2) is 18.3 Å². The highest BCUT2D eigenvalue weighted by molar-refractivity contribution is 5.23. The minimum absolute atomic E-state index is 0.445. The van der Waals surface area contributed by atoms with Crippen LogP contribution in [-0.2, 0) is 6.54 Å². The molecular weight excluding hydrogens is 236 g/mol. The lowest BCUT2D eigenvalue weighted by Crippen LogP contribution is -2.50. The second kappa shape index (κ2) is 4.48. The van der Waals surface area contributed by atoms with Gasteiger partial charge in [-0.2, -0.15) is 0 Å². The maximum atomic E-state index is 6.34. The van der Waals surface area contributed by atoms with Gasteiger partial charge in [-0.25, -0.2) is 0 Å². The maximum Gasteiger partial charge on any atom is 0.123 e. The number of ether oxygens (including phenoxy) is 1. The van der Waals surface area contributed by atoms with Crippen LogP contribution in [0.5, 0.6) is 5.75 Å². The van der Waals surface area contributed by atoms with Crippen LogP contribution in [-0.4, -0.2) is 11.1 Å². The number of aromatic nitrogens is 1. The predicted octanol–water partition coefficient (Wildman–Crippen LogP) is 2.74. The minimum atomic E-state index is 0.445. The van der Waals surface area contributed by atoms with E-state index in [0.717, 1.165) is 35.1 Å². The molecule has 4 aliphatic carbocycles.